The van der Waals surface area contributed by atoms with E-state index in [2.05, 4.69) is 21.3 Å². The van der Waals surface area contributed by atoms with Crippen molar-refractivity contribution in [3.8, 4) is 11.5 Å². The number of esters is 1. The van der Waals surface area contributed by atoms with Crippen LogP contribution in [0.1, 0.15) is 65.2 Å². The lowest BCUT2D eigenvalue weighted by molar-refractivity contribution is -0.400. The van der Waals surface area contributed by atoms with Crippen LogP contribution >= 0.6 is 0 Å². The minimum absolute atomic E-state index is 0.00281. The van der Waals surface area contributed by atoms with Crippen LogP contribution < -0.4 is 30.7 Å². The maximum Gasteiger partial charge on any atom is 0.408 e. The number of benzene rings is 3. The molecule has 0 spiro atoms. The SMILES string of the molecule is C[C@H](NC(=O)[C@H](Cc1ccc(OC(C)(C)C)cc1)NC(=O)[C@H](Cc1ccccc1)NC(=O)OC(C)(C)C)C(=O)NCC(=O)Oc1ccccc1/C=C/[N+](=O)[O-]. The van der Waals surface area contributed by atoms with Crippen molar-refractivity contribution in [2.24, 2.45) is 0 Å². The highest BCUT2D eigenvalue weighted by atomic mass is 16.6. The Hall–Kier alpha value is -6.25. The van der Waals surface area contributed by atoms with E-state index in [1.54, 1.807) is 81.4 Å². The van der Waals surface area contributed by atoms with Crippen molar-refractivity contribution in [1.29, 1.82) is 0 Å². The van der Waals surface area contributed by atoms with Gasteiger partial charge in [-0.1, -0.05) is 60.7 Å². The minimum atomic E-state index is -1.22. The Morgan fingerprint density at radius 2 is 1.29 bits per heavy atom. The van der Waals surface area contributed by atoms with E-state index in [4.69, 9.17) is 14.2 Å². The van der Waals surface area contributed by atoms with E-state index in [1.165, 1.54) is 25.1 Å². The van der Waals surface area contributed by atoms with Gasteiger partial charge >= 0.3 is 12.1 Å². The van der Waals surface area contributed by atoms with Crippen LogP contribution in [0, 0.1) is 10.1 Å². The maximum atomic E-state index is 13.9. The van der Waals surface area contributed by atoms with Crippen LogP contribution in [0.15, 0.2) is 85.1 Å². The van der Waals surface area contributed by atoms with Crippen LogP contribution in [0.5, 0.6) is 11.5 Å². The highest BCUT2D eigenvalue weighted by Crippen LogP contribution is 2.21. The second-order valence-corrected chi connectivity index (χ2v) is 14.6. The number of carbonyl (C=O) groups is 5. The summed E-state index contributed by atoms with van der Waals surface area (Å²) in [4.78, 5) is 76.1. The topological polar surface area (TPSA) is 204 Å². The van der Waals surface area contributed by atoms with Crippen LogP contribution in [0.2, 0.25) is 0 Å². The number of hydrogen-bond donors (Lipinski definition) is 4. The van der Waals surface area contributed by atoms with Gasteiger partial charge in [-0.25, -0.2) is 9.59 Å². The summed E-state index contributed by atoms with van der Waals surface area (Å²) in [5.41, 5.74) is 0.402. The van der Waals surface area contributed by atoms with Gasteiger partial charge in [-0.3, -0.25) is 24.5 Å². The average molecular weight is 760 g/mol. The van der Waals surface area contributed by atoms with Crippen molar-refractivity contribution >= 4 is 35.9 Å². The second kappa shape index (κ2) is 19.7. The Morgan fingerprint density at radius 1 is 0.727 bits per heavy atom. The summed E-state index contributed by atoms with van der Waals surface area (Å²) in [5.74, 6) is -2.32. The summed E-state index contributed by atoms with van der Waals surface area (Å²) in [6.45, 7) is 11.6. The number of ether oxygens (including phenoxy) is 3. The lowest BCUT2D eigenvalue weighted by atomic mass is 10.0. The van der Waals surface area contributed by atoms with Crippen LogP contribution in [0.4, 0.5) is 4.79 Å². The first-order valence-electron chi connectivity index (χ1n) is 17.6. The molecule has 4 N–H and O–H groups in total. The number of carbonyl (C=O) groups excluding carboxylic acids is 5. The summed E-state index contributed by atoms with van der Waals surface area (Å²) in [5, 5.41) is 21.1. The van der Waals surface area contributed by atoms with E-state index >= 15 is 0 Å². The molecule has 0 saturated heterocycles. The van der Waals surface area contributed by atoms with Gasteiger partial charge in [0.25, 0.3) is 0 Å². The van der Waals surface area contributed by atoms with E-state index in [1.807, 2.05) is 26.8 Å². The van der Waals surface area contributed by atoms with E-state index in [-0.39, 0.29) is 24.2 Å². The van der Waals surface area contributed by atoms with Gasteiger partial charge in [0.2, 0.25) is 23.9 Å². The van der Waals surface area contributed by atoms with Gasteiger partial charge in [0.05, 0.1) is 4.92 Å². The normalized spacial score (nSPS) is 13.1. The van der Waals surface area contributed by atoms with Crippen molar-refractivity contribution in [3.05, 3.63) is 112 Å². The summed E-state index contributed by atoms with van der Waals surface area (Å²) >= 11 is 0. The molecule has 3 atom stereocenters. The van der Waals surface area contributed by atoms with Gasteiger partial charge in [0.1, 0.15) is 47.4 Å². The Labute approximate surface area is 320 Å². The molecule has 0 aliphatic heterocycles. The smallest absolute Gasteiger partial charge is 0.408 e. The van der Waals surface area contributed by atoms with Gasteiger partial charge in [-0.2, -0.15) is 0 Å². The first-order chi connectivity index (χ1) is 25.8. The van der Waals surface area contributed by atoms with E-state index < -0.39 is 70.6 Å². The lowest BCUT2D eigenvalue weighted by Gasteiger charge is -2.26. The van der Waals surface area contributed by atoms with Gasteiger partial charge in [-0.05, 0) is 77.8 Å². The quantitative estimate of drug-likeness (QED) is 0.0697. The lowest BCUT2D eigenvalue weighted by Crippen LogP contribution is -2.57. The third-order valence-corrected chi connectivity index (χ3v) is 7.39. The van der Waals surface area contributed by atoms with Crippen molar-refractivity contribution in [2.75, 3.05) is 6.54 Å². The van der Waals surface area contributed by atoms with E-state index in [0.717, 1.165) is 5.56 Å². The standard InChI is InChI=1S/C40H49N5O10/c1-26(35(47)41-25-34(46)53-33-16-12-11-15-29(33)21-22-45(51)52)42-36(48)31(24-28-17-19-30(20-18-28)54-39(2,3)4)43-37(49)32(23-27-13-9-8-10-14-27)44-38(50)55-40(5,6)7/h8-22,26,31-32H,23-25H2,1-7H3,(H,41,47)(H,42,48)(H,43,49)(H,44,50)/b22-21+/t26-,31-,32-/m0/s1. The van der Waals surface area contributed by atoms with Gasteiger partial charge in [0, 0.05) is 24.5 Å². The number of nitrogens with one attached hydrogen (secondary N) is 4. The number of amides is 4. The Morgan fingerprint density at radius 3 is 1.89 bits per heavy atom. The molecule has 294 valence electrons. The maximum absolute atomic E-state index is 13.9. The molecule has 0 unspecified atom stereocenters. The number of rotatable bonds is 16. The molecule has 3 rings (SSSR count). The average Bonchev–Trinajstić information content (AvgIpc) is 3.09. The number of alkyl carbamates (subject to hydrolysis) is 1. The fourth-order valence-electron chi connectivity index (χ4n) is 4.98. The van der Waals surface area contributed by atoms with Crippen LogP contribution in [0.25, 0.3) is 6.08 Å². The van der Waals surface area contributed by atoms with Crippen LogP contribution in [-0.4, -0.2) is 70.6 Å². The fraction of sp³-hybridized carbons (Fsp3) is 0.375. The van der Waals surface area contributed by atoms with E-state index in [0.29, 0.717) is 17.5 Å². The molecule has 0 radical (unpaired) electrons. The number of nitrogens with zero attached hydrogens (tertiary/aromatic N) is 1. The number of hydrogen-bond acceptors (Lipinski definition) is 10. The third-order valence-electron chi connectivity index (χ3n) is 7.39. The molecule has 15 heteroatoms. The van der Waals surface area contributed by atoms with Gasteiger partial charge < -0.3 is 35.5 Å². The Bertz CT molecular complexity index is 1830. The number of nitro groups is 1. The minimum Gasteiger partial charge on any atom is -0.488 e. The molecule has 55 heavy (non-hydrogen) atoms. The molecule has 0 aliphatic rings. The molecule has 0 fully saturated rings. The predicted molar refractivity (Wildman–Crippen MR) is 204 cm³/mol. The Balaban J connectivity index is 1.77. The van der Waals surface area contributed by atoms with Crippen molar-refractivity contribution in [3.63, 3.8) is 0 Å². The molecular formula is C40H49N5O10. The molecule has 0 heterocycles. The molecule has 0 aromatic heterocycles. The molecule has 0 bridgehead atoms. The van der Waals surface area contributed by atoms with Crippen LogP contribution in [0.3, 0.4) is 0 Å². The molecular weight excluding hydrogens is 710 g/mol. The summed E-state index contributed by atoms with van der Waals surface area (Å²) in [6, 6.07) is 18.6. The van der Waals surface area contributed by atoms with Crippen molar-refractivity contribution < 1.29 is 43.1 Å². The zero-order valence-corrected chi connectivity index (χ0v) is 32.0. The van der Waals surface area contributed by atoms with Crippen LogP contribution in [-0.2, 0) is 36.8 Å². The summed E-state index contributed by atoms with van der Waals surface area (Å²) in [6.07, 6.45) is 1.14. The first-order valence-corrected chi connectivity index (χ1v) is 17.6. The zero-order chi connectivity index (χ0) is 40.8. The Kier molecular flexibility index (Phi) is 15.5. The highest BCUT2D eigenvalue weighted by molar-refractivity contribution is 5.94. The van der Waals surface area contributed by atoms with E-state index in [9.17, 15) is 34.1 Å². The van der Waals surface area contributed by atoms with Crippen molar-refractivity contribution in [1.82, 2.24) is 21.3 Å². The highest BCUT2D eigenvalue weighted by Gasteiger charge is 2.30. The molecule has 0 aliphatic carbocycles. The largest absolute Gasteiger partial charge is 0.488 e. The fourth-order valence-corrected chi connectivity index (χ4v) is 4.98. The second-order valence-electron chi connectivity index (χ2n) is 14.6. The molecule has 3 aromatic carbocycles. The predicted octanol–water partition coefficient (Wildman–Crippen LogP) is 4.50. The van der Waals surface area contributed by atoms with Gasteiger partial charge in [0.15, 0.2) is 0 Å². The summed E-state index contributed by atoms with van der Waals surface area (Å²) in [7, 11) is 0. The molecule has 4 amide bonds. The molecule has 3 aromatic rings. The number of para-hydroxylation sites is 1. The first kappa shape index (κ1) is 43.2. The zero-order valence-electron chi connectivity index (χ0n) is 32.0. The van der Waals surface area contributed by atoms with Crippen molar-refractivity contribution in [2.45, 2.75) is 90.6 Å². The summed E-state index contributed by atoms with van der Waals surface area (Å²) < 4.78 is 16.6. The molecule has 15 nitrogen and oxygen atoms in total. The van der Waals surface area contributed by atoms with Gasteiger partial charge in [-0.15, -0.1) is 0 Å². The molecule has 0 saturated carbocycles. The monoisotopic (exact) mass is 759 g/mol. The third kappa shape index (κ3) is 16.1.